The van der Waals surface area contributed by atoms with E-state index >= 15 is 0 Å². The lowest BCUT2D eigenvalue weighted by Crippen LogP contribution is -2.17. The van der Waals surface area contributed by atoms with Gasteiger partial charge in [0.15, 0.2) is 11.5 Å². The zero-order chi connectivity index (χ0) is 21.3. The first-order valence-electron chi connectivity index (χ1n) is 9.84. The molecule has 0 saturated heterocycles. The fraction of sp³-hybridized carbons (Fsp3) is 0.250. The third kappa shape index (κ3) is 6.21. The summed E-state index contributed by atoms with van der Waals surface area (Å²) in [5.41, 5.74) is 2.68. The van der Waals surface area contributed by atoms with Crippen molar-refractivity contribution in [2.45, 2.75) is 26.5 Å². The minimum Gasteiger partial charge on any atom is -0.490 e. The monoisotopic (exact) mass is 491 g/mol. The molecule has 158 valence electrons. The summed E-state index contributed by atoms with van der Waals surface area (Å²) in [4.78, 5) is 0. The fourth-order valence-corrected chi connectivity index (χ4v) is 3.69. The van der Waals surface area contributed by atoms with Gasteiger partial charge in [0, 0.05) is 16.6 Å². The minimum atomic E-state index is -0.390. The molecule has 0 radical (unpaired) electrons. The highest BCUT2D eigenvalue weighted by molar-refractivity contribution is 9.10. The van der Waals surface area contributed by atoms with Gasteiger partial charge in [0.05, 0.1) is 11.6 Å². The average molecular weight is 493 g/mol. The molecular formula is C24H24BrClFNO2. The van der Waals surface area contributed by atoms with Crippen LogP contribution in [0, 0.1) is 5.82 Å². The van der Waals surface area contributed by atoms with Gasteiger partial charge in [-0.15, -0.1) is 0 Å². The number of hydrogen-bond acceptors (Lipinski definition) is 3. The van der Waals surface area contributed by atoms with Crippen molar-refractivity contribution in [1.82, 2.24) is 5.32 Å². The van der Waals surface area contributed by atoms with Crippen LogP contribution >= 0.6 is 27.5 Å². The number of rotatable bonds is 10. The number of benzene rings is 3. The predicted octanol–water partition coefficient (Wildman–Crippen LogP) is 6.55. The van der Waals surface area contributed by atoms with Crippen molar-refractivity contribution in [3.8, 4) is 11.5 Å². The fourth-order valence-electron chi connectivity index (χ4n) is 3.01. The number of hydrogen-bond donors (Lipinski definition) is 1. The van der Waals surface area contributed by atoms with Gasteiger partial charge in [-0.05, 0) is 55.3 Å². The van der Waals surface area contributed by atoms with E-state index in [9.17, 15) is 4.39 Å². The standard InChI is InChI=1S/C24H24BrClFNO2/c1-2-29-23-13-18(15-28-12-11-17-7-4-3-5-8-17)20(25)14-24(23)30-16-19-21(26)9-6-10-22(19)27/h3-10,13-14,28H,2,11-12,15-16H2,1H3. The highest BCUT2D eigenvalue weighted by Crippen LogP contribution is 2.35. The van der Waals surface area contributed by atoms with Gasteiger partial charge in [-0.3, -0.25) is 0 Å². The quantitative estimate of drug-likeness (QED) is 0.325. The maximum atomic E-state index is 14.0. The van der Waals surface area contributed by atoms with Crippen LogP contribution in [0.25, 0.3) is 0 Å². The van der Waals surface area contributed by atoms with Gasteiger partial charge in [-0.2, -0.15) is 0 Å². The number of nitrogens with one attached hydrogen (secondary N) is 1. The molecule has 0 aliphatic rings. The summed E-state index contributed by atoms with van der Waals surface area (Å²) in [6.07, 6.45) is 0.960. The molecular weight excluding hydrogens is 469 g/mol. The molecule has 0 bridgehead atoms. The van der Waals surface area contributed by atoms with Crippen molar-refractivity contribution in [1.29, 1.82) is 0 Å². The summed E-state index contributed by atoms with van der Waals surface area (Å²) in [6, 6.07) is 18.8. The Morgan fingerprint density at radius 3 is 2.50 bits per heavy atom. The van der Waals surface area contributed by atoms with E-state index in [1.807, 2.05) is 37.3 Å². The van der Waals surface area contributed by atoms with E-state index in [1.165, 1.54) is 11.6 Å². The van der Waals surface area contributed by atoms with Gasteiger partial charge in [0.25, 0.3) is 0 Å². The summed E-state index contributed by atoms with van der Waals surface area (Å²) in [5, 5.41) is 3.80. The molecule has 0 unspecified atom stereocenters. The Hall–Kier alpha value is -2.08. The van der Waals surface area contributed by atoms with Crippen LogP contribution in [-0.4, -0.2) is 13.2 Å². The molecule has 0 fully saturated rings. The lowest BCUT2D eigenvalue weighted by Gasteiger charge is -2.16. The first kappa shape index (κ1) is 22.6. The molecule has 0 aromatic heterocycles. The van der Waals surface area contributed by atoms with E-state index in [0.717, 1.165) is 23.0 Å². The van der Waals surface area contributed by atoms with Crippen molar-refractivity contribution in [2.75, 3.05) is 13.2 Å². The van der Waals surface area contributed by atoms with E-state index < -0.39 is 5.82 Å². The Labute approximate surface area is 190 Å². The zero-order valence-electron chi connectivity index (χ0n) is 16.8. The molecule has 3 nitrogen and oxygen atoms in total. The first-order valence-corrected chi connectivity index (χ1v) is 11.0. The van der Waals surface area contributed by atoms with E-state index in [-0.39, 0.29) is 6.61 Å². The lowest BCUT2D eigenvalue weighted by molar-refractivity contribution is 0.265. The summed E-state index contributed by atoms with van der Waals surface area (Å²) in [7, 11) is 0. The molecule has 6 heteroatoms. The maximum Gasteiger partial charge on any atom is 0.162 e. The molecule has 0 saturated carbocycles. The van der Waals surface area contributed by atoms with E-state index in [1.54, 1.807) is 12.1 Å². The van der Waals surface area contributed by atoms with Crippen LogP contribution < -0.4 is 14.8 Å². The molecule has 1 N–H and O–H groups in total. The van der Waals surface area contributed by atoms with Crippen molar-refractivity contribution in [3.63, 3.8) is 0 Å². The molecule has 3 aromatic rings. The molecule has 0 amide bonds. The van der Waals surface area contributed by atoms with Crippen molar-refractivity contribution in [3.05, 3.63) is 92.7 Å². The third-order valence-electron chi connectivity index (χ3n) is 4.60. The number of halogens is 3. The van der Waals surface area contributed by atoms with Crippen LogP contribution in [0.1, 0.15) is 23.6 Å². The summed E-state index contributed by atoms with van der Waals surface area (Å²) < 4.78 is 26.5. The van der Waals surface area contributed by atoms with Gasteiger partial charge < -0.3 is 14.8 Å². The van der Waals surface area contributed by atoms with E-state index in [4.69, 9.17) is 21.1 Å². The third-order valence-corrected chi connectivity index (χ3v) is 5.69. The molecule has 0 spiro atoms. The molecule has 3 rings (SSSR count). The molecule has 0 aliphatic carbocycles. The van der Waals surface area contributed by atoms with Gasteiger partial charge in [0.2, 0.25) is 0 Å². The van der Waals surface area contributed by atoms with Crippen LogP contribution in [0.2, 0.25) is 5.02 Å². The van der Waals surface area contributed by atoms with Crippen LogP contribution in [0.5, 0.6) is 11.5 Å². The lowest BCUT2D eigenvalue weighted by atomic mass is 10.1. The van der Waals surface area contributed by atoms with Crippen LogP contribution in [-0.2, 0) is 19.6 Å². The predicted molar refractivity (Wildman–Crippen MR) is 123 cm³/mol. The van der Waals surface area contributed by atoms with Crippen LogP contribution in [0.4, 0.5) is 4.39 Å². The molecule has 3 aromatic carbocycles. The summed E-state index contributed by atoms with van der Waals surface area (Å²) in [5.74, 6) is 0.767. The van der Waals surface area contributed by atoms with Crippen molar-refractivity contribution >= 4 is 27.5 Å². The van der Waals surface area contributed by atoms with Gasteiger partial charge >= 0.3 is 0 Å². The highest BCUT2D eigenvalue weighted by atomic mass is 79.9. The SMILES string of the molecule is CCOc1cc(CNCCc2ccccc2)c(Br)cc1OCc1c(F)cccc1Cl. The highest BCUT2D eigenvalue weighted by Gasteiger charge is 2.13. The Morgan fingerprint density at radius 1 is 1.00 bits per heavy atom. The second-order valence-electron chi connectivity index (χ2n) is 6.72. The second-order valence-corrected chi connectivity index (χ2v) is 7.99. The minimum absolute atomic E-state index is 0.0205. The average Bonchev–Trinajstić information content (AvgIpc) is 2.74. The molecule has 0 heterocycles. The molecule has 30 heavy (non-hydrogen) atoms. The summed E-state index contributed by atoms with van der Waals surface area (Å²) in [6.45, 7) is 3.99. The van der Waals surface area contributed by atoms with Crippen molar-refractivity contribution in [2.24, 2.45) is 0 Å². The first-order chi connectivity index (χ1) is 14.6. The normalized spacial score (nSPS) is 10.8. The Balaban J connectivity index is 1.65. The number of ether oxygens (including phenoxy) is 2. The topological polar surface area (TPSA) is 30.5 Å². The largest absolute Gasteiger partial charge is 0.490 e. The van der Waals surface area contributed by atoms with Crippen molar-refractivity contribution < 1.29 is 13.9 Å². The zero-order valence-corrected chi connectivity index (χ0v) is 19.1. The van der Waals surface area contributed by atoms with Crippen LogP contribution in [0.15, 0.2) is 65.1 Å². The second kappa shape index (κ2) is 11.3. The molecule has 0 atom stereocenters. The maximum absolute atomic E-state index is 14.0. The van der Waals surface area contributed by atoms with E-state index in [2.05, 4.69) is 33.4 Å². The summed E-state index contributed by atoms with van der Waals surface area (Å²) >= 11 is 9.71. The van der Waals surface area contributed by atoms with Gasteiger partial charge in [-0.25, -0.2) is 4.39 Å². The smallest absolute Gasteiger partial charge is 0.162 e. The Kier molecular flexibility index (Phi) is 8.55. The Bertz CT molecular complexity index is 949. The molecule has 0 aliphatic heterocycles. The Morgan fingerprint density at radius 2 is 1.77 bits per heavy atom. The van der Waals surface area contributed by atoms with Gasteiger partial charge in [-0.1, -0.05) is 63.9 Å². The van der Waals surface area contributed by atoms with Gasteiger partial charge in [0.1, 0.15) is 12.4 Å². The van der Waals surface area contributed by atoms with E-state index in [0.29, 0.717) is 35.2 Å². The van der Waals surface area contributed by atoms with Crippen LogP contribution in [0.3, 0.4) is 0 Å².